The lowest BCUT2D eigenvalue weighted by Gasteiger charge is -2.32. The fourth-order valence-electron chi connectivity index (χ4n) is 4.51. The Kier molecular flexibility index (Phi) is 9.48. The van der Waals surface area contributed by atoms with E-state index in [1.165, 1.54) is 0 Å². The topological polar surface area (TPSA) is 127 Å². The van der Waals surface area contributed by atoms with Gasteiger partial charge in [-0.15, -0.1) is 0 Å². The van der Waals surface area contributed by atoms with Crippen molar-refractivity contribution in [3.05, 3.63) is 64.9 Å². The molecule has 1 fully saturated rings. The van der Waals surface area contributed by atoms with Crippen molar-refractivity contribution in [2.45, 2.75) is 52.6 Å². The third-order valence-electron chi connectivity index (χ3n) is 6.61. The molecule has 10 heteroatoms. The lowest BCUT2D eigenvalue weighted by atomic mass is 9.96. The quantitative estimate of drug-likeness (QED) is 0.140. The smallest absolute Gasteiger partial charge is 0.320 e. The lowest BCUT2D eigenvalue weighted by molar-refractivity contribution is 0.0964. The second kappa shape index (κ2) is 12.6. The summed E-state index contributed by atoms with van der Waals surface area (Å²) in [5.41, 5.74) is 6.02. The van der Waals surface area contributed by atoms with Crippen LogP contribution in [0, 0.1) is 5.41 Å². The van der Waals surface area contributed by atoms with E-state index in [9.17, 15) is 9.59 Å². The number of rotatable bonds is 8. The summed E-state index contributed by atoms with van der Waals surface area (Å²) in [6.45, 7) is 12.3. The minimum Gasteiger partial charge on any atom is -0.496 e. The van der Waals surface area contributed by atoms with Gasteiger partial charge in [-0.3, -0.25) is 21.1 Å². The average molecular weight is 510 g/mol. The van der Waals surface area contributed by atoms with Crippen molar-refractivity contribution in [3.8, 4) is 5.75 Å². The van der Waals surface area contributed by atoms with Crippen LogP contribution in [0.2, 0.25) is 0 Å². The molecule has 0 atom stereocenters. The molecule has 0 aliphatic carbocycles. The Hall–Kier alpha value is -3.63. The highest BCUT2D eigenvalue weighted by atomic mass is 16.5. The highest BCUT2D eigenvalue weighted by molar-refractivity contribution is 5.98. The molecule has 0 radical (unpaired) electrons. The minimum absolute atomic E-state index is 0.0103. The lowest BCUT2D eigenvalue weighted by Crippen LogP contribution is -2.50. The van der Waals surface area contributed by atoms with Crippen LogP contribution in [0.3, 0.4) is 0 Å². The number of fused-ring (bicyclic) bond motifs is 1. The number of amides is 3. The number of benzene rings is 1. The van der Waals surface area contributed by atoms with Gasteiger partial charge in [0.1, 0.15) is 11.6 Å². The number of carbonyl (C=O) groups is 2. The van der Waals surface area contributed by atoms with Gasteiger partial charge in [-0.1, -0.05) is 18.7 Å². The van der Waals surface area contributed by atoms with Crippen LogP contribution in [-0.4, -0.2) is 65.4 Å². The number of hydrogen-bond donors (Lipinski definition) is 4. The molecule has 1 aromatic carbocycles. The molecule has 0 bridgehead atoms. The van der Waals surface area contributed by atoms with Gasteiger partial charge in [-0.25, -0.2) is 4.79 Å². The highest BCUT2D eigenvalue weighted by Crippen LogP contribution is 2.29. The van der Waals surface area contributed by atoms with Crippen LogP contribution in [-0.2, 0) is 13.0 Å². The van der Waals surface area contributed by atoms with Gasteiger partial charge in [0.05, 0.1) is 12.7 Å². The molecular formula is C27H39N7O3. The maximum atomic E-state index is 13.1. The Morgan fingerprint density at radius 3 is 2.51 bits per heavy atom. The van der Waals surface area contributed by atoms with Crippen molar-refractivity contribution in [2.24, 2.45) is 5.84 Å². The van der Waals surface area contributed by atoms with Crippen LogP contribution in [0.5, 0.6) is 5.75 Å². The van der Waals surface area contributed by atoms with Gasteiger partial charge in [0, 0.05) is 37.9 Å². The number of nitrogens with two attached hydrogens (primary N) is 1. The number of carbonyl (C=O) groups excluding carboxylic acids is 2. The first-order valence-electron chi connectivity index (χ1n) is 12.6. The van der Waals surface area contributed by atoms with Gasteiger partial charge >= 0.3 is 6.03 Å². The summed E-state index contributed by atoms with van der Waals surface area (Å²) in [6, 6.07) is 3.79. The minimum atomic E-state index is -0.343. The zero-order valence-electron chi connectivity index (χ0n) is 22.3. The molecule has 10 nitrogen and oxygen atoms in total. The number of hydrazine groups is 2. The summed E-state index contributed by atoms with van der Waals surface area (Å²) in [4.78, 5) is 29.7. The third kappa shape index (κ3) is 6.78. The van der Waals surface area contributed by atoms with Crippen LogP contribution >= 0.6 is 0 Å². The largest absolute Gasteiger partial charge is 0.496 e. The monoisotopic (exact) mass is 509 g/mol. The van der Waals surface area contributed by atoms with Gasteiger partial charge in [0.2, 0.25) is 0 Å². The number of likely N-dealkylation sites (tertiary alicyclic amines) is 1. The van der Waals surface area contributed by atoms with Gasteiger partial charge in [0.25, 0.3) is 5.91 Å². The Balaban J connectivity index is 1.68. The van der Waals surface area contributed by atoms with E-state index in [4.69, 9.17) is 16.0 Å². The van der Waals surface area contributed by atoms with E-state index in [-0.39, 0.29) is 23.8 Å². The zero-order chi connectivity index (χ0) is 27.1. The number of allylic oxidation sites excluding steroid dienone is 3. The molecule has 5 N–H and O–H groups in total. The molecule has 1 aromatic rings. The molecule has 200 valence electrons. The molecule has 3 rings (SSSR count). The van der Waals surface area contributed by atoms with Crippen LogP contribution < -0.4 is 21.4 Å². The fraction of sp³-hybridized carbons (Fsp3) is 0.444. The Bertz CT molecular complexity index is 1100. The van der Waals surface area contributed by atoms with Crippen LogP contribution in [0.15, 0.2) is 48.2 Å². The Morgan fingerprint density at radius 2 is 1.89 bits per heavy atom. The fourth-order valence-corrected chi connectivity index (χ4v) is 4.51. The van der Waals surface area contributed by atoms with Crippen molar-refractivity contribution in [1.82, 2.24) is 25.7 Å². The zero-order valence-corrected chi connectivity index (χ0v) is 22.3. The van der Waals surface area contributed by atoms with Crippen molar-refractivity contribution >= 4 is 17.8 Å². The van der Waals surface area contributed by atoms with Crippen molar-refractivity contribution in [2.75, 3.05) is 26.7 Å². The van der Waals surface area contributed by atoms with E-state index < -0.39 is 0 Å². The summed E-state index contributed by atoms with van der Waals surface area (Å²) in [6.07, 6.45) is 7.94. The van der Waals surface area contributed by atoms with E-state index >= 15 is 0 Å². The first-order chi connectivity index (χ1) is 17.7. The molecule has 1 saturated heterocycles. The molecule has 2 heterocycles. The number of nitrogens with zero attached hydrogens (tertiary/aromatic N) is 3. The van der Waals surface area contributed by atoms with E-state index in [0.717, 1.165) is 43.5 Å². The van der Waals surface area contributed by atoms with Crippen LogP contribution in [0.25, 0.3) is 0 Å². The summed E-state index contributed by atoms with van der Waals surface area (Å²) < 4.78 is 5.51. The molecule has 2 aliphatic rings. The number of nitrogens with one attached hydrogen (secondary N) is 3. The van der Waals surface area contributed by atoms with E-state index in [1.54, 1.807) is 37.3 Å². The summed E-state index contributed by atoms with van der Waals surface area (Å²) in [7, 11) is 1.54. The molecule has 0 unspecified atom stereocenters. The highest BCUT2D eigenvalue weighted by Gasteiger charge is 2.28. The van der Waals surface area contributed by atoms with Crippen LogP contribution in [0.4, 0.5) is 4.79 Å². The Labute approximate surface area is 219 Å². The summed E-state index contributed by atoms with van der Waals surface area (Å²) in [5, 5.41) is 12.6. The summed E-state index contributed by atoms with van der Waals surface area (Å²) in [5.74, 6) is 5.90. The van der Waals surface area contributed by atoms with Crippen molar-refractivity contribution in [1.29, 1.82) is 5.41 Å². The van der Waals surface area contributed by atoms with E-state index in [2.05, 4.69) is 17.4 Å². The van der Waals surface area contributed by atoms with E-state index in [0.29, 0.717) is 35.7 Å². The summed E-state index contributed by atoms with van der Waals surface area (Å²) >= 11 is 0. The maximum Gasteiger partial charge on any atom is 0.320 e. The standard InChI is InChI=1S/C27H39N7O3/c1-18(2)34(31-29)25(28)19(3)9-8-10-20(4)30-26(35)23-15-22-17-33(27(36)32-12-6-7-13-32)14-11-21(22)16-24(23)37-5/h8-10,15-16,18,28,31H,4,6-7,11-14,17,29H2,1-3,5H3,(H,30,35)/b10-8-,19-9+,28-25?. The van der Waals surface area contributed by atoms with Gasteiger partial charge in [0.15, 0.2) is 0 Å². The predicted molar refractivity (Wildman–Crippen MR) is 145 cm³/mol. The van der Waals surface area contributed by atoms with Gasteiger partial charge in [-0.2, -0.15) is 5.53 Å². The number of amidine groups is 1. The number of ether oxygens (including phenoxy) is 1. The van der Waals surface area contributed by atoms with E-state index in [1.807, 2.05) is 35.8 Å². The molecule has 3 amide bonds. The van der Waals surface area contributed by atoms with Crippen molar-refractivity contribution < 1.29 is 14.3 Å². The molecule has 0 saturated carbocycles. The first-order valence-corrected chi connectivity index (χ1v) is 12.6. The molecule has 2 aliphatic heterocycles. The first kappa shape index (κ1) is 27.9. The second-order valence-electron chi connectivity index (χ2n) is 9.60. The molecular weight excluding hydrogens is 470 g/mol. The molecule has 0 aromatic heterocycles. The normalized spacial score (nSPS) is 15.7. The molecule has 37 heavy (non-hydrogen) atoms. The number of hydrogen-bond acceptors (Lipinski definition) is 6. The average Bonchev–Trinajstić information content (AvgIpc) is 3.42. The SMILES string of the molecule is C=C(/C=C\C=C(/C)C(=N)N(NN)C(C)C)NC(=O)c1cc2c(cc1OC)CCN(C(=O)N1CCCC1)C2. The second-order valence-corrected chi connectivity index (χ2v) is 9.60. The third-order valence-corrected chi connectivity index (χ3v) is 6.61. The maximum absolute atomic E-state index is 13.1. The van der Waals surface area contributed by atoms with Gasteiger partial charge < -0.3 is 19.9 Å². The predicted octanol–water partition coefficient (Wildman–Crippen LogP) is 3.08. The van der Waals surface area contributed by atoms with Crippen molar-refractivity contribution in [3.63, 3.8) is 0 Å². The number of methoxy groups -OCH3 is 1. The Morgan fingerprint density at radius 1 is 1.19 bits per heavy atom. The number of urea groups is 1. The van der Waals surface area contributed by atoms with Gasteiger partial charge in [-0.05, 0) is 74.9 Å². The van der Waals surface area contributed by atoms with Crippen LogP contribution in [0.1, 0.15) is 55.1 Å². The molecule has 0 spiro atoms.